The Kier molecular flexibility index (Phi) is 8.04. The summed E-state index contributed by atoms with van der Waals surface area (Å²) in [5.41, 5.74) is 1.83. The molecule has 0 bridgehead atoms. The normalized spacial score (nSPS) is 18.7. The number of methoxy groups -OCH3 is 1. The van der Waals surface area contributed by atoms with Crippen LogP contribution in [0.5, 0.6) is 5.75 Å². The number of piperidine rings is 1. The van der Waals surface area contributed by atoms with Crippen molar-refractivity contribution in [3.63, 3.8) is 0 Å². The molecule has 0 aliphatic carbocycles. The molecule has 166 valence electrons. The first-order chi connectivity index (χ1) is 15.0. The van der Waals surface area contributed by atoms with Gasteiger partial charge in [-0.15, -0.1) is 0 Å². The summed E-state index contributed by atoms with van der Waals surface area (Å²) in [6.45, 7) is 3.17. The van der Waals surface area contributed by atoms with Crippen LogP contribution in [0, 0.1) is 11.7 Å². The molecule has 2 aromatic rings. The van der Waals surface area contributed by atoms with E-state index in [-0.39, 0.29) is 29.6 Å². The van der Waals surface area contributed by atoms with Crippen LogP contribution >= 0.6 is 0 Å². The molecule has 1 saturated heterocycles. The summed E-state index contributed by atoms with van der Waals surface area (Å²) in [4.78, 5) is 27.9. The van der Waals surface area contributed by atoms with Crippen LogP contribution in [0.2, 0.25) is 0 Å². The van der Waals surface area contributed by atoms with E-state index in [1.54, 1.807) is 19.2 Å². The highest BCUT2D eigenvalue weighted by Crippen LogP contribution is 2.40. The molecule has 3 rings (SSSR count). The van der Waals surface area contributed by atoms with Crippen LogP contribution in [0.25, 0.3) is 0 Å². The number of hydrogen-bond donors (Lipinski definition) is 1. The highest BCUT2D eigenvalue weighted by molar-refractivity contribution is 5.85. The van der Waals surface area contributed by atoms with Gasteiger partial charge in [-0.05, 0) is 43.0 Å². The third kappa shape index (κ3) is 5.63. The van der Waals surface area contributed by atoms with E-state index in [9.17, 15) is 14.0 Å². The number of unbranched alkanes of at least 4 members (excludes halogenated alkanes) is 1. The average Bonchev–Trinajstić information content (AvgIpc) is 2.79. The van der Waals surface area contributed by atoms with Crippen LogP contribution < -0.4 is 10.1 Å². The second-order valence-corrected chi connectivity index (χ2v) is 7.94. The lowest BCUT2D eigenvalue weighted by atomic mass is 9.83. The zero-order valence-corrected chi connectivity index (χ0v) is 18.3. The highest BCUT2D eigenvalue weighted by atomic mass is 19.1. The molecule has 2 atom stereocenters. The average molecular weight is 427 g/mol. The molecule has 5 nitrogen and oxygen atoms in total. The first kappa shape index (κ1) is 22.8. The SMILES string of the molecule is CCCCN1C(=O)CCC(C(=O)NCCc2ccc(F)cc2)C1c1ccccc1OC. The van der Waals surface area contributed by atoms with Crippen molar-refractivity contribution in [2.24, 2.45) is 5.92 Å². The number of para-hydroxylation sites is 1. The quantitative estimate of drug-likeness (QED) is 0.651. The second-order valence-electron chi connectivity index (χ2n) is 7.94. The van der Waals surface area contributed by atoms with Crippen LogP contribution in [0.15, 0.2) is 48.5 Å². The van der Waals surface area contributed by atoms with Gasteiger partial charge in [0.05, 0.1) is 19.1 Å². The molecule has 1 aliphatic heterocycles. The fraction of sp³-hybridized carbons (Fsp3) is 0.440. The Bertz CT molecular complexity index is 885. The third-order valence-corrected chi connectivity index (χ3v) is 5.88. The summed E-state index contributed by atoms with van der Waals surface area (Å²) in [6.07, 6.45) is 3.35. The van der Waals surface area contributed by atoms with Gasteiger partial charge in [0.1, 0.15) is 11.6 Å². The van der Waals surface area contributed by atoms with Crippen LogP contribution in [0.4, 0.5) is 4.39 Å². The van der Waals surface area contributed by atoms with Crippen molar-refractivity contribution in [3.05, 3.63) is 65.5 Å². The number of halogens is 1. The molecule has 0 aromatic heterocycles. The first-order valence-corrected chi connectivity index (χ1v) is 11.0. The van der Waals surface area contributed by atoms with Crippen molar-refractivity contribution in [3.8, 4) is 5.75 Å². The number of nitrogens with zero attached hydrogens (tertiary/aromatic N) is 1. The summed E-state index contributed by atoms with van der Waals surface area (Å²) in [6, 6.07) is 13.6. The second kappa shape index (κ2) is 10.9. The number of benzene rings is 2. The van der Waals surface area contributed by atoms with Crippen molar-refractivity contribution in [1.29, 1.82) is 0 Å². The number of nitrogens with one attached hydrogen (secondary N) is 1. The lowest BCUT2D eigenvalue weighted by Crippen LogP contribution is -2.48. The summed E-state index contributed by atoms with van der Waals surface area (Å²) in [5, 5.41) is 3.03. The van der Waals surface area contributed by atoms with Gasteiger partial charge in [-0.25, -0.2) is 4.39 Å². The summed E-state index contributed by atoms with van der Waals surface area (Å²) >= 11 is 0. The zero-order valence-electron chi connectivity index (χ0n) is 18.3. The van der Waals surface area contributed by atoms with Gasteiger partial charge in [-0.1, -0.05) is 43.7 Å². The standard InChI is InChI=1S/C25H31FN2O3/c1-3-4-17-28-23(29)14-13-21(24(28)20-7-5-6-8-22(20)31-2)25(30)27-16-15-18-9-11-19(26)12-10-18/h5-12,21,24H,3-4,13-17H2,1-2H3,(H,27,30). The van der Waals surface area contributed by atoms with E-state index in [4.69, 9.17) is 4.74 Å². The Labute approximate surface area is 183 Å². The lowest BCUT2D eigenvalue weighted by molar-refractivity contribution is -0.143. The predicted octanol–water partition coefficient (Wildman–Crippen LogP) is 4.27. The Balaban J connectivity index is 1.78. The van der Waals surface area contributed by atoms with Gasteiger partial charge >= 0.3 is 0 Å². The van der Waals surface area contributed by atoms with Crippen LogP contribution in [0.1, 0.15) is 49.8 Å². The molecule has 0 spiro atoms. The minimum Gasteiger partial charge on any atom is -0.496 e. The minimum atomic E-state index is -0.352. The van der Waals surface area contributed by atoms with Gasteiger partial charge < -0.3 is 15.0 Å². The van der Waals surface area contributed by atoms with Crippen LogP contribution in [-0.2, 0) is 16.0 Å². The molecular weight excluding hydrogens is 395 g/mol. The van der Waals surface area contributed by atoms with Crippen LogP contribution in [0.3, 0.4) is 0 Å². The monoisotopic (exact) mass is 426 g/mol. The molecule has 2 amide bonds. The maximum atomic E-state index is 13.2. The van der Waals surface area contributed by atoms with Gasteiger partial charge in [-0.2, -0.15) is 0 Å². The smallest absolute Gasteiger partial charge is 0.225 e. The van der Waals surface area contributed by atoms with E-state index in [1.807, 2.05) is 29.2 Å². The van der Waals surface area contributed by atoms with E-state index >= 15 is 0 Å². The first-order valence-electron chi connectivity index (χ1n) is 11.0. The molecule has 1 aliphatic rings. The van der Waals surface area contributed by atoms with E-state index in [0.717, 1.165) is 24.0 Å². The molecule has 1 fully saturated rings. The Morgan fingerprint density at radius 1 is 1.19 bits per heavy atom. The third-order valence-electron chi connectivity index (χ3n) is 5.88. The summed E-state index contributed by atoms with van der Waals surface area (Å²) < 4.78 is 18.7. The fourth-order valence-electron chi connectivity index (χ4n) is 4.23. The van der Waals surface area contributed by atoms with Gasteiger partial charge in [0, 0.05) is 25.1 Å². The van der Waals surface area contributed by atoms with Gasteiger partial charge in [-0.3, -0.25) is 9.59 Å². The number of amides is 2. The Morgan fingerprint density at radius 2 is 1.94 bits per heavy atom. The fourth-order valence-corrected chi connectivity index (χ4v) is 4.23. The van der Waals surface area contributed by atoms with Crippen molar-refractivity contribution in [1.82, 2.24) is 10.2 Å². The van der Waals surface area contributed by atoms with Crippen molar-refractivity contribution in [2.45, 2.75) is 45.1 Å². The molecular formula is C25H31FN2O3. The van der Waals surface area contributed by atoms with Gasteiger partial charge in [0.15, 0.2) is 0 Å². The minimum absolute atomic E-state index is 0.0629. The topological polar surface area (TPSA) is 58.6 Å². The van der Waals surface area contributed by atoms with E-state index in [0.29, 0.717) is 38.1 Å². The Morgan fingerprint density at radius 3 is 2.65 bits per heavy atom. The summed E-state index contributed by atoms with van der Waals surface area (Å²) in [7, 11) is 1.61. The molecule has 1 N–H and O–H groups in total. The van der Waals surface area contributed by atoms with Crippen molar-refractivity contribution < 1.29 is 18.7 Å². The largest absolute Gasteiger partial charge is 0.496 e. The number of carbonyl (C=O) groups is 2. The molecule has 2 aromatic carbocycles. The molecule has 0 saturated carbocycles. The van der Waals surface area contributed by atoms with Gasteiger partial charge in [0.2, 0.25) is 11.8 Å². The number of hydrogen-bond acceptors (Lipinski definition) is 3. The van der Waals surface area contributed by atoms with Crippen molar-refractivity contribution in [2.75, 3.05) is 20.2 Å². The summed E-state index contributed by atoms with van der Waals surface area (Å²) in [5.74, 6) is 0.0881. The molecule has 6 heteroatoms. The molecule has 31 heavy (non-hydrogen) atoms. The molecule has 0 radical (unpaired) electrons. The number of carbonyl (C=O) groups excluding carboxylic acids is 2. The predicted molar refractivity (Wildman–Crippen MR) is 118 cm³/mol. The maximum absolute atomic E-state index is 13.2. The lowest BCUT2D eigenvalue weighted by Gasteiger charge is -2.41. The number of rotatable bonds is 9. The van der Waals surface area contributed by atoms with Gasteiger partial charge in [0.25, 0.3) is 0 Å². The maximum Gasteiger partial charge on any atom is 0.225 e. The molecule has 2 unspecified atom stereocenters. The van der Waals surface area contributed by atoms with E-state index in [1.165, 1.54) is 12.1 Å². The van der Waals surface area contributed by atoms with Crippen molar-refractivity contribution >= 4 is 11.8 Å². The number of ether oxygens (including phenoxy) is 1. The highest BCUT2D eigenvalue weighted by Gasteiger charge is 2.41. The molecule has 1 heterocycles. The van der Waals surface area contributed by atoms with E-state index < -0.39 is 0 Å². The zero-order chi connectivity index (χ0) is 22.2. The number of likely N-dealkylation sites (tertiary alicyclic amines) is 1. The van der Waals surface area contributed by atoms with E-state index in [2.05, 4.69) is 12.2 Å². The Hall–Kier alpha value is -2.89. The van der Waals surface area contributed by atoms with Crippen LogP contribution in [-0.4, -0.2) is 36.9 Å².